The summed E-state index contributed by atoms with van der Waals surface area (Å²) in [6.45, 7) is 0. The van der Waals surface area contributed by atoms with Crippen LogP contribution in [0.5, 0.6) is 0 Å². The molecule has 0 saturated carbocycles. The van der Waals surface area contributed by atoms with Gasteiger partial charge in [0.05, 0.1) is 11.9 Å². The molecular formula is C14H14N4O. The Morgan fingerprint density at radius 3 is 2.74 bits per heavy atom. The summed E-state index contributed by atoms with van der Waals surface area (Å²) in [7, 11) is 0. The highest BCUT2D eigenvalue weighted by molar-refractivity contribution is 5.98. The van der Waals surface area contributed by atoms with Crippen LogP contribution < -0.4 is 5.73 Å². The summed E-state index contributed by atoms with van der Waals surface area (Å²) < 4.78 is 1.57. The summed E-state index contributed by atoms with van der Waals surface area (Å²) in [4.78, 5) is 12.4. The predicted octanol–water partition coefficient (Wildman–Crippen LogP) is 1.35. The minimum absolute atomic E-state index is 0.0121. The molecule has 0 radical (unpaired) electrons. The third-order valence-electron chi connectivity index (χ3n) is 3.26. The molecule has 0 spiro atoms. The van der Waals surface area contributed by atoms with Gasteiger partial charge in [-0.2, -0.15) is 0 Å². The van der Waals surface area contributed by atoms with Crippen molar-refractivity contribution < 1.29 is 4.79 Å². The Balaban J connectivity index is 1.93. The molecule has 2 atom stereocenters. The largest absolute Gasteiger partial charge is 0.324 e. The smallest absolute Gasteiger partial charge is 0.189 e. The van der Waals surface area contributed by atoms with Crippen LogP contribution in [0.15, 0.2) is 48.7 Å². The summed E-state index contributed by atoms with van der Waals surface area (Å²) in [5.41, 5.74) is 7.11. The number of hydrogen-bond acceptors (Lipinski definition) is 4. The third-order valence-corrected chi connectivity index (χ3v) is 3.26. The highest BCUT2D eigenvalue weighted by Crippen LogP contribution is 2.22. The fourth-order valence-corrected chi connectivity index (χ4v) is 2.27. The molecule has 96 valence electrons. The van der Waals surface area contributed by atoms with E-state index in [-0.39, 0.29) is 17.7 Å². The first-order chi connectivity index (χ1) is 9.25. The van der Waals surface area contributed by atoms with Crippen LogP contribution in [-0.2, 0) is 0 Å². The summed E-state index contributed by atoms with van der Waals surface area (Å²) in [6.07, 6.45) is 5.90. The van der Waals surface area contributed by atoms with E-state index >= 15 is 0 Å². The quantitative estimate of drug-likeness (QED) is 0.663. The topological polar surface area (TPSA) is 73.8 Å². The Kier molecular flexibility index (Phi) is 2.97. The molecule has 0 bridgehead atoms. The Hall–Kier alpha value is -2.27. The molecular weight excluding hydrogens is 240 g/mol. The van der Waals surface area contributed by atoms with E-state index in [0.29, 0.717) is 12.1 Å². The second kappa shape index (κ2) is 4.78. The number of aromatic nitrogens is 3. The van der Waals surface area contributed by atoms with Gasteiger partial charge in [-0.25, -0.2) is 4.68 Å². The van der Waals surface area contributed by atoms with E-state index < -0.39 is 0 Å². The number of hydrogen-bond donors (Lipinski definition) is 1. The number of rotatable bonds is 3. The lowest BCUT2D eigenvalue weighted by Gasteiger charge is -2.09. The molecule has 1 aliphatic rings. The average molecular weight is 254 g/mol. The number of para-hydroxylation sites is 1. The third kappa shape index (κ3) is 2.20. The van der Waals surface area contributed by atoms with Crippen LogP contribution >= 0.6 is 0 Å². The normalized spacial score (nSPS) is 21.7. The molecule has 3 rings (SSSR count). The van der Waals surface area contributed by atoms with Gasteiger partial charge in [-0.3, -0.25) is 4.79 Å². The number of carbonyl (C=O) groups excluding carboxylic acids is 1. The zero-order chi connectivity index (χ0) is 13.2. The van der Waals surface area contributed by atoms with E-state index in [2.05, 4.69) is 10.3 Å². The van der Waals surface area contributed by atoms with Crippen LogP contribution in [-0.4, -0.2) is 26.8 Å². The summed E-state index contributed by atoms with van der Waals surface area (Å²) >= 11 is 0. The van der Waals surface area contributed by atoms with Crippen LogP contribution in [0.2, 0.25) is 0 Å². The first-order valence-corrected chi connectivity index (χ1v) is 6.20. The number of Topliss-reactive ketones (excluding diaryl/α,β-unsaturated/α-hetero) is 1. The molecule has 1 aliphatic carbocycles. The van der Waals surface area contributed by atoms with Gasteiger partial charge in [0.25, 0.3) is 0 Å². The van der Waals surface area contributed by atoms with Crippen molar-refractivity contribution in [2.24, 2.45) is 11.7 Å². The number of benzene rings is 1. The fraction of sp³-hybridized carbons (Fsp3) is 0.214. The van der Waals surface area contributed by atoms with Crippen molar-refractivity contribution in [2.45, 2.75) is 12.5 Å². The van der Waals surface area contributed by atoms with E-state index in [0.717, 1.165) is 5.69 Å². The maximum atomic E-state index is 12.4. The zero-order valence-electron chi connectivity index (χ0n) is 10.3. The van der Waals surface area contributed by atoms with E-state index in [1.807, 2.05) is 42.5 Å². The van der Waals surface area contributed by atoms with Gasteiger partial charge in [0.1, 0.15) is 5.69 Å². The molecule has 2 aromatic rings. The minimum atomic E-state index is -0.170. The molecule has 0 saturated heterocycles. The van der Waals surface area contributed by atoms with Crippen LogP contribution in [0.1, 0.15) is 16.9 Å². The van der Waals surface area contributed by atoms with Gasteiger partial charge in [0.2, 0.25) is 0 Å². The number of nitrogens with two attached hydrogens (primary N) is 1. The van der Waals surface area contributed by atoms with E-state index in [4.69, 9.17) is 5.73 Å². The molecule has 19 heavy (non-hydrogen) atoms. The maximum absolute atomic E-state index is 12.4. The molecule has 1 aromatic carbocycles. The predicted molar refractivity (Wildman–Crippen MR) is 70.9 cm³/mol. The molecule has 2 unspecified atom stereocenters. The van der Waals surface area contributed by atoms with Gasteiger partial charge in [-0.05, 0) is 18.6 Å². The van der Waals surface area contributed by atoms with Crippen molar-refractivity contribution in [3.05, 3.63) is 54.4 Å². The number of allylic oxidation sites excluding steroid dienone is 1. The van der Waals surface area contributed by atoms with Crippen molar-refractivity contribution in [2.75, 3.05) is 0 Å². The van der Waals surface area contributed by atoms with Crippen molar-refractivity contribution in [3.8, 4) is 5.69 Å². The number of ketones is 1. The lowest BCUT2D eigenvalue weighted by molar-refractivity contribution is 0.0935. The average Bonchev–Trinajstić information content (AvgIpc) is 3.07. The number of nitrogens with zero attached hydrogens (tertiary/aromatic N) is 3. The van der Waals surface area contributed by atoms with Crippen molar-refractivity contribution in [1.29, 1.82) is 0 Å². The van der Waals surface area contributed by atoms with E-state index in [9.17, 15) is 4.79 Å². The summed E-state index contributed by atoms with van der Waals surface area (Å²) in [6, 6.07) is 9.46. The van der Waals surface area contributed by atoms with Crippen LogP contribution in [0, 0.1) is 5.92 Å². The second-order valence-corrected chi connectivity index (χ2v) is 4.62. The Labute approximate surface area is 110 Å². The molecule has 5 nitrogen and oxygen atoms in total. The highest BCUT2D eigenvalue weighted by Gasteiger charge is 2.26. The van der Waals surface area contributed by atoms with Crippen molar-refractivity contribution in [3.63, 3.8) is 0 Å². The summed E-state index contributed by atoms with van der Waals surface area (Å²) in [5.74, 6) is -0.158. The van der Waals surface area contributed by atoms with Crippen molar-refractivity contribution >= 4 is 5.78 Å². The van der Waals surface area contributed by atoms with Gasteiger partial charge >= 0.3 is 0 Å². The SMILES string of the molecule is NC1C=CC(C(=O)c2cnnn2-c2ccccc2)C1. The molecule has 0 amide bonds. The molecule has 5 heteroatoms. The van der Waals surface area contributed by atoms with Gasteiger partial charge in [-0.15, -0.1) is 5.10 Å². The first kappa shape index (κ1) is 11.8. The van der Waals surface area contributed by atoms with Gasteiger partial charge < -0.3 is 5.73 Å². The van der Waals surface area contributed by atoms with Crippen LogP contribution in [0.25, 0.3) is 5.69 Å². The number of carbonyl (C=O) groups is 1. The zero-order valence-corrected chi connectivity index (χ0v) is 10.3. The standard InChI is InChI=1S/C14H14N4O/c15-11-7-6-10(8-11)14(19)13-9-16-17-18(13)12-4-2-1-3-5-12/h1-7,9-11H,8,15H2. The monoisotopic (exact) mass is 254 g/mol. The van der Waals surface area contributed by atoms with Crippen LogP contribution in [0.4, 0.5) is 0 Å². The lowest BCUT2D eigenvalue weighted by Crippen LogP contribution is -2.21. The lowest BCUT2D eigenvalue weighted by atomic mass is 10.0. The van der Waals surface area contributed by atoms with Gasteiger partial charge in [0, 0.05) is 12.0 Å². The fourth-order valence-electron chi connectivity index (χ4n) is 2.27. The molecule has 0 fully saturated rings. The maximum Gasteiger partial charge on any atom is 0.189 e. The Morgan fingerprint density at radius 1 is 1.26 bits per heavy atom. The minimum Gasteiger partial charge on any atom is -0.324 e. The first-order valence-electron chi connectivity index (χ1n) is 6.20. The molecule has 1 heterocycles. The molecule has 0 aliphatic heterocycles. The van der Waals surface area contributed by atoms with E-state index in [1.165, 1.54) is 6.20 Å². The van der Waals surface area contributed by atoms with Crippen LogP contribution in [0.3, 0.4) is 0 Å². The van der Waals surface area contributed by atoms with Crippen molar-refractivity contribution in [1.82, 2.24) is 15.0 Å². The Bertz CT molecular complexity index is 617. The summed E-state index contributed by atoms with van der Waals surface area (Å²) in [5, 5.41) is 7.84. The Morgan fingerprint density at radius 2 is 2.05 bits per heavy atom. The molecule has 1 aromatic heterocycles. The molecule has 2 N–H and O–H groups in total. The second-order valence-electron chi connectivity index (χ2n) is 4.62. The van der Waals surface area contributed by atoms with Gasteiger partial charge in [-0.1, -0.05) is 35.6 Å². The van der Waals surface area contributed by atoms with E-state index in [1.54, 1.807) is 4.68 Å². The van der Waals surface area contributed by atoms with Gasteiger partial charge in [0.15, 0.2) is 5.78 Å². The highest BCUT2D eigenvalue weighted by atomic mass is 16.1.